The molecule has 1 fully saturated rings. The molecule has 0 saturated carbocycles. The molecule has 0 unspecified atom stereocenters. The van der Waals surface area contributed by atoms with E-state index >= 15 is 0 Å². The normalized spacial score (nSPS) is 15.1. The Hall–Kier alpha value is -1.39. The van der Waals surface area contributed by atoms with Gasteiger partial charge in [-0.1, -0.05) is 45.0 Å². The number of rotatable bonds is 9. The van der Waals surface area contributed by atoms with E-state index in [4.69, 9.17) is 4.74 Å². The maximum atomic E-state index is 11.9. The number of aliphatic imine (C=N–C) groups is 1. The van der Waals surface area contributed by atoms with Gasteiger partial charge in [-0.25, -0.2) is 4.99 Å². The molecule has 1 heterocycles. The van der Waals surface area contributed by atoms with Gasteiger partial charge in [0.1, 0.15) is 6.54 Å². The van der Waals surface area contributed by atoms with Crippen molar-refractivity contribution in [2.45, 2.75) is 39.0 Å². The number of carbonyl (C=O) groups is 1. The van der Waals surface area contributed by atoms with Gasteiger partial charge in [0, 0.05) is 40.3 Å². The summed E-state index contributed by atoms with van der Waals surface area (Å²) in [6.45, 7) is 13.1. The molecule has 7 nitrogen and oxygen atoms in total. The van der Waals surface area contributed by atoms with E-state index in [-0.39, 0.29) is 41.8 Å². The van der Waals surface area contributed by atoms with Crippen LogP contribution in [0.5, 0.6) is 0 Å². The van der Waals surface area contributed by atoms with Crippen molar-refractivity contribution >= 4 is 35.8 Å². The second-order valence-corrected chi connectivity index (χ2v) is 9.31. The number of benzene rings is 1. The quantitative estimate of drug-likeness (QED) is 0.211. The molecule has 2 N–H and O–H groups in total. The molecule has 0 spiro atoms. The van der Waals surface area contributed by atoms with E-state index in [2.05, 4.69) is 65.6 Å². The Morgan fingerprint density at radius 2 is 1.72 bits per heavy atom. The van der Waals surface area contributed by atoms with Gasteiger partial charge in [-0.3, -0.25) is 9.69 Å². The fourth-order valence-corrected chi connectivity index (χ4v) is 3.29. The third kappa shape index (κ3) is 11.0. The standard InChI is InChI=1S/C24H41N5O2.HI/c1-24(2,3)21-9-7-20(8-10-21)11-13-26-23(27-19-22(30)28(4)5)25-12-6-14-29-15-17-31-18-16-29;/h7-10H,6,11-19H2,1-5H3,(H2,25,26,27);1H. The Labute approximate surface area is 211 Å². The van der Waals surface area contributed by atoms with Gasteiger partial charge in [-0.2, -0.15) is 0 Å². The van der Waals surface area contributed by atoms with Gasteiger partial charge < -0.3 is 20.3 Å². The Morgan fingerprint density at radius 3 is 2.31 bits per heavy atom. The van der Waals surface area contributed by atoms with Crippen molar-refractivity contribution in [1.82, 2.24) is 20.4 Å². The lowest BCUT2D eigenvalue weighted by atomic mass is 9.86. The molecule has 0 atom stereocenters. The number of likely N-dealkylation sites (N-methyl/N-ethyl adjacent to an activating group) is 1. The molecule has 0 radical (unpaired) electrons. The molecule has 1 aromatic carbocycles. The van der Waals surface area contributed by atoms with Crippen LogP contribution in [0.2, 0.25) is 0 Å². The molecule has 0 aliphatic carbocycles. The van der Waals surface area contributed by atoms with Gasteiger partial charge in [0.15, 0.2) is 5.96 Å². The summed E-state index contributed by atoms with van der Waals surface area (Å²) in [6, 6.07) is 8.82. The van der Waals surface area contributed by atoms with Crippen LogP contribution in [0, 0.1) is 0 Å². The highest BCUT2D eigenvalue weighted by Crippen LogP contribution is 2.22. The number of ether oxygens (including phenoxy) is 1. The number of amides is 1. The molecule has 0 bridgehead atoms. The molecule has 182 valence electrons. The Kier molecular flexibility index (Phi) is 13.2. The highest BCUT2D eigenvalue weighted by atomic mass is 127. The molecule has 1 saturated heterocycles. The number of guanidine groups is 1. The lowest BCUT2D eigenvalue weighted by molar-refractivity contribution is -0.127. The minimum Gasteiger partial charge on any atom is -0.379 e. The second-order valence-electron chi connectivity index (χ2n) is 9.31. The number of carbonyl (C=O) groups excluding carboxylic acids is 1. The first-order chi connectivity index (χ1) is 14.8. The van der Waals surface area contributed by atoms with Gasteiger partial charge in [-0.05, 0) is 35.9 Å². The Morgan fingerprint density at radius 1 is 1.09 bits per heavy atom. The molecule has 1 aliphatic rings. The topological polar surface area (TPSA) is 69.2 Å². The Bertz CT molecular complexity index is 695. The zero-order valence-corrected chi connectivity index (χ0v) is 22.8. The summed E-state index contributed by atoms with van der Waals surface area (Å²) in [6.07, 6.45) is 1.93. The van der Waals surface area contributed by atoms with Crippen LogP contribution in [-0.2, 0) is 21.4 Å². The largest absolute Gasteiger partial charge is 0.379 e. The summed E-state index contributed by atoms with van der Waals surface area (Å²) in [5, 5.41) is 6.76. The SMILES string of the molecule is CN(C)C(=O)CN=C(NCCCN1CCOCC1)NCCc1ccc(C(C)(C)C)cc1.I. The molecule has 8 heteroatoms. The molecular weight excluding hydrogens is 517 g/mol. The fraction of sp³-hybridized carbons (Fsp3) is 0.667. The van der Waals surface area contributed by atoms with Gasteiger partial charge in [0.2, 0.25) is 5.91 Å². The molecule has 2 rings (SSSR count). The average molecular weight is 560 g/mol. The van der Waals surface area contributed by atoms with Crippen LogP contribution < -0.4 is 10.6 Å². The number of morpholine rings is 1. The van der Waals surface area contributed by atoms with Crippen LogP contribution in [-0.4, -0.2) is 88.2 Å². The van der Waals surface area contributed by atoms with Crippen LogP contribution in [0.1, 0.15) is 38.3 Å². The Balaban J connectivity index is 0.00000512. The maximum Gasteiger partial charge on any atom is 0.243 e. The molecule has 1 aromatic rings. The highest BCUT2D eigenvalue weighted by Gasteiger charge is 2.13. The van der Waals surface area contributed by atoms with Crippen LogP contribution >= 0.6 is 24.0 Å². The van der Waals surface area contributed by atoms with Gasteiger partial charge in [-0.15, -0.1) is 24.0 Å². The van der Waals surface area contributed by atoms with E-state index in [1.54, 1.807) is 19.0 Å². The number of halogens is 1. The molecule has 32 heavy (non-hydrogen) atoms. The van der Waals surface area contributed by atoms with Crippen LogP contribution in [0.15, 0.2) is 29.3 Å². The molecule has 1 aliphatic heterocycles. The predicted molar refractivity (Wildman–Crippen MR) is 143 cm³/mol. The fourth-order valence-electron chi connectivity index (χ4n) is 3.29. The number of hydrogen-bond acceptors (Lipinski definition) is 4. The summed E-state index contributed by atoms with van der Waals surface area (Å²) >= 11 is 0. The van der Waals surface area contributed by atoms with Crippen molar-refractivity contribution in [2.75, 3.05) is 66.6 Å². The summed E-state index contributed by atoms with van der Waals surface area (Å²) in [7, 11) is 3.50. The monoisotopic (exact) mass is 559 g/mol. The molecular formula is C24H42IN5O2. The highest BCUT2D eigenvalue weighted by molar-refractivity contribution is 14.0. The van der Waals surface area contributed by atoms with Crippen LogP contribution in [0.3, 0.4) is 0 Å². The van der Waals surface area contributed by atoms with E-state index in [1.165, 1.54) is 11.1 Å². The zero-order chi connectivity index (χ0) is 22.7. The first-order valence-electron chi connectivity index (χ1n) is 11.4. The maximum absolute atomic E-state index is 11.9. The lowest BCUT2D eigenvalue weighted by Gasteiger charge is -2.26. The minimum absolute atomic E-state index is 0. The van der Waals surface area contributed by atoms with E-state index in [0.29, 0.717) is 5.96 Å². The van der Waals surface area contributed by atoms with E-state index < -0.39 is 0 Å². The number of nitrogens with zero attached hydrogens (tertiary/aromatic N) is 3. The van der Waals surface area contributed by atoms with Crippen molar-refractivity contribution in [3.8, 4) is 0 Å². The number of nitrogens with one attached hydrogen (secondary N) is 2. The van der Waals surface area contributed by atoms with Crippen molar-refractivity contribution in [2.24, 2.45) is 4.99 Å². The third-order valence-electron chi connectivity index (χ3n) is 5.44. The first-order valence-corrected chi connectivity index (χ1v) is 11.4. The average Bonchev–Trinajstić information content (AvgIpc) is 2.74. The zero-order valence-electron chi connectivity index (χ0n) is 20.4. The molecule has 1 amide bonds. The summed E-state index contributed by atoms with van der Waals surface area (Å²) in [4.78, 5) is 20.4. The van der Waals surface area contributed by atoms with Gasteiger partial charge >= 0.3 is 0 Å². The molecule has 0 aromatic heterocycles. The van der Waals surface area contributed by atoms with Gasteiger partial charge in [0.25, 0.3) is 0 Å². The van der Waals surface area contributed by atoms with E-state index in [0.717, 1.165) is 58.8 Å². The smallest absolute Gasteiger partial charge is 0.243 e. The summed E-state index contributed by atoms with van der Waals surface area (Å²) in [5.41, 5.74) is 2.80. The van der Waals surface area contributed by atoms with E-state index in [1.807, 2.05) is 0 Å². The van der Waals surface area contributed by atoms with Crippen molar-refractivity contribution < 1.29 is 9.53 Å². The third-order valence-corrected chi connectivity index (χ3v) is 5.44. The minimum atomic E-state index is -0.00724. The van der Waals surface area contributed by atoms with E-state index in [9.17, 15) is 4.79 Å². The predicted octanol–water partition coefficient (Wildman–Crippen LogP) is 2.49. The van der Waals surface area contributed by atoms with Crippen molar-refractivity contribution in [3.05, 3.63) is 35.4 Å². The first kappa shape index (κ1) is 28.6. The lowest BCUT2D eigenvalue weighted by Crippen LogP contribution is -2.41. The summed E-state index contributed by atoms with van der Waals surface area (Å²) < 4.78 is 5.40. The van der Waals surface area contributed by atoms with Crippen LogP contribution in [0.25, 0.3) is 0 Å². The summed E-state index contributed by atoms with van der Waals surface area (Å²) in [5.74, 6) is 0.690. The second kappa shape index (κ2) is 14.7. The van der Waals surface area contributed by atoms with Crippen molar-refractivity contribution in [3.63, 3.8) is 0 Å². The van der Waals surface area contributed by atoms with Crippen LogP contribution in [0.4, 0.5) is 0 Å². The van der Waals surface area contributed by atoms with Crippen molar-refractivity contribution in [1.29, 1.82) is 0 Å². The van der Waals surface area contributed by atoms with Gasteiger partial charge in [0.05, 0.1) is 13.2 Å². The number of hydrogen-bond donors (Lipinski definition) is 2.